The van der Waals surface area contributed by atoms with Crippen molar-refractivity contribution < 1.29 is 5.11 Å². The van der Waals surface area contributed by atoms with Crippen LogP contribution >= 0.6 is 22.9 Å². The molecule has 1 aromatic heterocycles. The molecule has 0 fully saturated rings. The molecule has 17 heavy (non-hydrogen) atoms. The van der Waals surface area contributed by atoms with Gasteiger partial charge in [-0.25, -0.2) is 0 Å². The zero-order valence-electron chi connectivity index (χ0n) is 9.69. The van der Waals surface area contributed by atoms with Crippen molar-refractivity contribution in [1.82, 2.24) is 0 Å². The number of thiophene rings is 1. The van der Waals surface area contributed by atoms with Crippen molar-refractivity contribution in [2.45, 2.75) is 25.4 Å². The summed E-state index contributed by atoms with van der Waals surface area (Å²) in [6, 6.07) is 13.8. The second-order valence-electron chi connectivity index (χ2n) is 4.15. The van der Waals surface area contributed by atoms with Gasteiger partial charge in [0.25, 0.3) is 0 Å². The fourth-order valence-corrected chi connectivity index (χ4v) is 3.09. The van der Waals surface area contributed by atoms with Gasteiger partial charge in [-0.3, -0.25) is 0 Å². The number of hydrogen-bond donors (Lipinski definition) is 1. The van der Waals surface area contributed by atoms with Gasteiger partial charge >= 0.3 is 0 Å². The van der Waals surface area contributed by atoms with Crippen molar-refractivity contribution in [2.75, 3.05) is 0 Å². The van der Waals surface area contributed by atoms with Gasteiger partial charge in [-0.1, -0.05) is 48.9 Å². The molecular formula is C14H15ClOS. The summed E-state index contributed by atoms with van der Waals surface area (Å²) in [5, 5.41) is 10.7. The first kappa shape index (κ1) is 12.6. The maximum Gasteiger partial charge on any atom is 0.103 e. The van der Waals surface area contributed by atoms with Crippen LogP contribution in [0.2, 0.25) is 4.34 Å². The van der Waals surface area contributed by atoms with Crippen molar-refractivity contribution in [3.63, 3.8) is 0 Å². The predicted octanol–water partition coefficient (Wildman–Crippen LogP) is 4.24. The van der Waals surface area contributed by atoms with Crippen LogP contribution in [0.4, 0.5) is 0 Å². The third-order valence-electron chi connectivity index (χ3n) is 2.96. The third-order valence-corrected chi connectivity index (χ3v) is 4.38. The molecule has 2 aromatic rings. The fraction of sp³-hybridized carbons (Fsp3) is 0.286. The molecular weight excluding hydrogens is 252 g/mol. The van der Waals surface area contributed by atoms with Gasteiger partial charge in [0.1, 0.15) is 5.60 Å². The Labute approximate surface area is 111 Å². The van der Waals surface area contributed by atoms with Gasteiger partial charge < -0.3 is 5.11 Å². The van der Waals surface area contributed by atoms with E-state index in [2.05, 4.69) is 0 Å². The second-order valence-corrected chi connectivity index (χ2v) is 5.87. The molecule has 0 bridgehead atoms. The number of benzene rings is 1. The van der Waals surface area contributed by atoms with Gasteiger partial charge in [0.05, 0.1) is 4.34 Å². The Kier molecular flexibility index (Phi) is 3.87. The highest BCUT2D eigenvalue weighted by Crippen LogP contribution is 2.35. The molecule has 1 aromatic carbocycles. The van der Waals surface area contributed by atoms with Gasteiger partial charge in [-0.15, -0.1) is 11.3 Å². The molecule has 0 spiro atoms. The maximum atomic E-state index is 10.7. The summed E-state index contributed by atoms with van der Waals surface area (Å²) in [7, 11) is 0. The molecule has 0 aliphatic heterocycles. The average molecular weight is 267 g/mol. The molecule has 90 valence electrons. The lowest BCUT2D eigenvalue weighted by atomic mass is 9.90. The highest BCUT2D eigenvalue weighted by Gasteiger charge is 2.29. The number of aliphatic hydroxyl groups is 1. The lowest BCUT2D eigenvalue weighted by molar-refractivity contribution is 0.0365. The standard InChI is InChI=1S/C14H15ClOS/c1-2-14(16,12-8-9-13(15)17-12)10-11-6-4-3-5-7-11/h3-9,16H,2,10H2,1H3. The van der Waals surface area contributed by atoms with Crippen LogP contribution < -0.4 is 0 Å². The van der Waals surface area contributed by atoms with E-state index in [-0.39, 0.29) is 0 Å². The summed E-state index contributed by atoms with van der Waals surface area (Å²) in [6.07, 6.45) is 1.31. The first-order valence-electron chi connectivity index (χ1n) is 5.66. The smallest absolute Gasteiger partial charge is 0.103 e. The van der Waals surface area contributed by atoms with Gasteiger partial charge in [0, 0.05) is 11.3 Å². The Balaban J connectivity index is 2.26. The Morgan fingerprint density at radius 3 is 2.41 bits per heavy atom. The topological polar surface area (TPSA) is 20.2 Å². The van der Waals surface area contributed by atoms with Gasteiger partial charge in [0.2, 0.25) is 0 Å². The van der Waals surface area contributed by atoms with E-state index in [0.29, 0.717) is 12.8 Å². The van der Waals surface area contributed by atoms with Crippen molar-refractivity contribution >= 4 is 22.9 Å². The Morgan fingerprint density at radius 1 is 1.18 bits per heavy atom. The minimum Gasteiger partial charge on any atom is -0.384 e. The van der Waals surface area contributed by atoms with E-state index in [4.69, 9.17) is 11.6 Å². The van der Waals surface area contributed by atoms with Crippen LogP contribution in [0, 0.1) is 0 Å². The molecule has 0 amide bonds. The predicted molar refractivity (Wildman–Crippen MR) is 73.7 cm³/mol. The average Bonchev–Trinajstić information content (AvgIpc) is 2.78. The van der Waals surface area contributed by atoms with E-state index >= 15 is 0 Å². The first-order valence-corrected chi connectivity index (χ1v) is 6.85. The second kappa shape index (κ2) is 5.21. The summed E-state index contributed by atoms with van der Waals surface area (Å²) in [5.74, 6) is 0. The largest absolute Gasteiger partial charge is 0.384 e. The van der Waals surface area contributed by atoms with Crippen molar-refractivity contribution in [1.29, 1.82) is 0 Å². The van der Waals surface area contributed by atoms with Crippen molar-refractivity contribution in [2.24, 2.45) is 0 Å². The zero-order valence-corrected chi connectivity index (χ0v) is 11.3. The molecule has 3 heteroatoms. The van der Waals surface area contributed by atoms with E-state index < -0.39 is 5.60 Å². The number of halogens is 1. The van der Waals surface area contributed by atoms with Crippen LogP contribution in [0.3, 0.4) is 0 Å². The molecule has 2 rings (SSSR count). The van der Waals surface area contributed by atoms with Gasteiger partial charge in [0.15, 0.2) is 0 Å². The van der Waals surface area contributed by atoms with Gasteiger partial charge in [-0.2, -0.15) is 0 Å². The Bertz CT molecular complexity index is 480. The Morgan fingerprint density at radius 2 is 1.88 bits per heavy atom. The molecule has 1 unspecified atom stereocenters. The number of rotatable bonds is 4. The summed E-state index contributed by atoms with van der Waals surface area (Å²) >= 11 is 7.39. The fourth-order valence-electron chi connectivity index (χ4n) is 1.88. The molecule has 0 radical (unpaired) electrons. The molecule has 1 atom stereocenters. The monoisotopic (exact) mass is 266 g/mol. The minimum atomic E-state index is -0.806. The van der Waals surface area contributed by atoms with Crippen LogP contribution in [-0.2, 0) is 12.0 Å². The molecule has 1 heterocycles. The highest BCUT2D eigenvalue weighted by atomic mass is 35.5. The minimum absolute atomic E-state index is 0.626. The van der Waals surface area contributed by atoms with E-state index in [9.17, 15) is 5.11 Å². The molecule has 1 nitrogen and oxygen atoms in total. The lowest BCUT2D eigenvalue weighted by Gasteiger charge is -2.25. The summed E-state index contributed by atoms with van der Waals surface area (Å²) in [4.78, 5) is 0.939. The molecule has 0 aliphatic carbocycles. The summed E-state index contributed by atoms with van der Waals surface area (Å²) in [5.41, 5.74) is 0.334. The first-order chi connectivity index (χ1) is 8.14. The maximum absolute atomic E-state index is 10.7. The Hall–Kier alpha value is -0.830. The highest BCUT2D eigenvalue weighted by molar-refractivity contribution is 7.16. The van der Waals surface area contributed by atoms with Crippen LogP contribution in [0.5, 0.6) is 0 Å². The van der Waals surface area contributed by atoms with Crippen LogP contribution in [-0.4, -0.2) is 5.11 Å². The summed E-state index contributed by atoms with van der Waals surface area (Å²) in [6.45, 7) is 2.00. The molecule has 0 aliphatic rings. The zero-order chi connectivity index (χ0) is 12.3. The van der Waals surface area contributed by atoms with E-state index in [1.807, 2.05) is 49.4 Å². The van der Waals surface area contributed by atoms with Crippen LogP contribution in [0.15, 0.2) is 42.5 Å². The van der Waals surface area contributed by atoms with Crippen molar-refractivity contribution in [3.05, 3.63) is 57.2 Å². The third kappa shape index (κ3) is 2.89. The SMILES string of the molecule is CCC(O)(Cc1ccccc1)c1ccc(Cl)s1. The molecule has 1 N–H and O–H groups in total. The quantitative estimate of drug-likeness (QED) is 0.878. The summed E-state index contributed by atoms with van der Waals surface area (Å²) < 4.78 is 0.722. The van der Waals surface area contributed by atoms with Crippen LogP contribution in [0.25, 0.3) is 0 Å². The number of hydrogen-bond acceptors (Lipinski definition) is 2. The van der Waals surface area contributed by atoms with E-state index in [0.717, 1.165) is 14.8 Å². The molecule has 0 saturated heterocycles. The van der Waals surface area contributed by atoms with E-state index in [1.165, 1.54) is 11.3 Å². The normalized spacial score (nSPS) is 14.5. The van der Waals surface area contributed by atoms with E-state index in [1.54, 1.807) is 0 Å². The molecule has 0 saturated carbocycles. The van der Waals surface area contributed by atoms with Crippen molar-refractivity contribution in [3.8, 4) is 0 Å². The lowest BCUT2D eigenvalue weighted by Crippen LogP contribution is -2.26. The van der Waals surface area contributed by atoms with Gasteiger partial charge in [-0.05, 0) is 24.1 Å². The van der Waals surface area contributed by atoms with Crippen LogP contribution in [0.1, 0.15) is 23.8 Å².